The van der Waals surface area contributed by atoms with Crippen LogP contribution in [-0.4, -0.2) is 6.61 Å². The number of ether oxygens (including phenoxy) is 1. The van der Waals surface area contributed by atoms with Gasteiger partial charge in [0, 0.05) is 4.47 Å². The van der Waals surface area contributed by atoms with Gasteiger partial charge >= 0.3 is 6.08 Å². The predicted octanol–water partition coefficient (Wildman–Crippen LogP) is 3.20. The van der Waals surface area contributed by atoms with Crippen LogP contribution < -0.4 is 5.73 Å². The van der Waals surface area contributed by atoms with E-state index in [1.165, 1.54) is 0 Å². The van der Waals surface area contributed by atoms with Crippen LogP contribution in [0.1, 0.15) is 11.6 Å². The zero-order valence-corrected chi connectivity index (χ0v) is 9.38. The molecule has 5 heteroatoms. The minimum absolute atomic E-state index is 0.0268. The summed E-state index contributed by atoms with van der Waals surface area (Å²) < 4.78 is 28.8. The van der Waals surface area contributed by atoms with E-state index in [-0.39, 0.29) is 6.61 Å². The summed E-state index contributed by atoms with van der Waals surface area (Å²) in [6, 6.07) is 6.89. The molecular weight excluding hydrogens is 268 g/mol. The molecule has 1 aromatic rings. The molecule has 1 rings (SSSR count). The zero-order chi connectivity index (χ0) is 11.3. The largest absolute Gasteiger partial charge is 0.494 e. The highest BCUT2D eigenvalue weighted by molar-refractivity contribution is 9.10. The van der Waals surface area contributed by atoms with Gasteiger partial charge in [-0.25, -0.2) is 0 Å². The van der Waals surface area contributed by atoms with E-state index in [4.69, 9.17) is 5.73 Å². The number of nitrogens with two attached hydrogens (primary N) is 1. The Labute approximate surface area is 94.9 Å². The van der Waals surface area contributed by atoms with Gasteiger partial charge in [0.25, 0.3) is 0 Å². The second-order valence-corrected chi connectivity index (χ2v) is 3.81. The van der Waals surface area contributed by atoms with Gasteiger partial charge < -0.3 is 10.5 Å². The minimum atomic E-state index is -1.86. The zero-order valence-electron chi connectivity index (χ0n) is 7.79. The van der Waals surface area contributed by atoms with Crippen molar-refractivity contribution in [2.75, 3.05) is 6.61 Å². The molecule has 1 aromatic carbocycles. The summed E-state index contributed by atoms with van der Waals surface area (Å²) in [6.07, 6.45) is -1.46. The molecule has 82 valence electrons. The normalized spacial score (nSPS) is 12.0. The lowest BCUT2D eigenvalue weighted by Crippen LogP contribution is -2.15. The minimum Gasteiger partial charge on any atom is -0.494 e. The van der Waals surface area contributed by atoms with Crippen LogP contribution >= 0.6 is 15.9 Å². The fraction of sp³-hybridized carbons (Fsp3) is 0.200. The topological polar surface area (TPSA) is 35.2 Å². The molecule has 1 atom stereocenters. The van der Waals surface area contributed by atoms with E-state index in [0.717, 1.165) is 10.0 Å². The van der Waals surface area contributed by atoms with E-state index in [2.05, 4.69) is 20.7 Å². The van der Waals surface area contributed by atoms with Crippen molar-refractivity contribution in [1.82, 2.24) is 0 Å². The third-order valence-corrected chi connectivity index (χ3v) is 2.28. The van der Waals surface area contributed by atoms with Gasteiger partial charge in [-0.1, -0.05) is 28.1 Å². The van der Waals surface area contributed by atoms with Crippen molar-refractivity contribution in [2.45, 2.75) is 6.04 Å². The molecular formula is C10H10BrF2NO. The highest BCUT2D eigenvalue weighted by Crippen LogP contribution is 2.15. The lowest BCUT2D eigenvalue weighted by atomic mass is 10.1. The van der Waals surface area contributed by atoms with Gasteiger partial charge in [-0.15, -0.1) is 0 Å². The number of benzene rings is 1. The molecule has 0 amide bonds. The Morgan fingerprint density at radius 3 is 2.53 bits per heavy atom. The molecule has 0 aliphatic rings. The average molecular weight is 278 g/mol. The van der Waals surface area contributed by atoms with Crippen molar-refractivity contribution >= 4 is 15.9 Å². The van der Waals surface area contributed by atoms with Crippen molar-refractivity contribution in [3.05, 3.63) is 46.6 Å². The molecule has 15 heavy (non-hydrogen) atoms. The van der Waals surface area contributed by atoms with Gasteiger partial charge in [0.15, 0.2) is 0 Å². The van der Waals surface area contributed by atoms with Crippen molar-refractivity contribution in [2.24, 2.45) is 5.73 Å². The highest BCUT2D eigenvalue weighted by atomic mass is 79.9. The molecule has 2 nitrogen and oxygen atoms in total. The molecule has 0 heterocycles. The lowest BCUT2D eigenvalue weighted by molar-refractivity contribution is 0.207. The summed E-state index contributed by atoms with van der Waals surface area (Å²) in [4.78, 5) is 0. The lowest BCUT2D eigenvalue weighted by Gasteiger charge is -2.10. The number of rotatable bonds is 4. The molecule has 0 radical (unpaired) electrons. The molecule has 0 aliphatic carbocycles. The molecule has 0 bridgehead atoms. The quantitative estimate of drug-likeness (QED) is 0.858. The molecule has 2 N–H and O–H groups in total. The van der Waals surface area contributed by atoms with Gasteiger partial charge in [0.05, 0.1) is 6.04 Å². The fourth-order valence-electron chi connectivity index (χ4n) is 1.02. The third kappa shape index (κ3) is 4.40. The average Bonchev–Trinajstić information content (AvgIpc) is 2.18. The summed E-state index contributed by atoms with van der Waals surface area (Å²) in [5, 5.41) is 0. The van der Waals surface area contributed by atoms with Crippen LogP contribution in [0.2, 0.25) is 0 Å². The summed E-state index contributed by atoms with van der Waals surface area (Å²) in [5.41, 5.74) is 6.56. The van der Waals surface area contributed by atoms with Crippen LogP contribution in [0.15, 0.2) is 41.1 Å². The summed E-state index contributed by atoms with van der Waals surface area (Å²) >= 11 is 3.29. The maximum absolute atomic E-state index is 11.6. The number of hydrogen-bond acceptors (Lipinski definition) is 2. The van der Waals surface area contributed by atoms with E-state index < -0.39 is 12.1 Å². The van der Waals surface area contributed by atoms with Gasteiger partial charge in [-0.2, -0.15) is 8.78 Å². The van der Waals surface area contributed by atoms with Gasteiger partial charge in [0.1, 0.15) is 12.9 Å². The second kappa shape index (κ2) is 5.82. The van der Waals surface area contributed by atoms with Crippen molar-refractivity contribution in [3.63, 3.8) is 0 Å². The number of halogens is 3. The van der Waals surface area contributed by atoms with Crippen LogP contribution in [0.3, 0.4) is 0 Å². The Kier molecular flexibility index (Phi) is 4.71. The van der Waals surface area contributed by atoms with Crippen LogP contribution in [0.4, 0.5) is 8.78 Å². The number of hydrogen-bond donors (Lipinski definition) is 1. The van der Waals surface area contributed by atoms with Crippen LogP contribution in [0.25, 0.3) is 0 Å². The van der Waals surface area contributed by atoms with Crippen molar-refractivity contribution in [1.29, 1.82) is 0 Å². The van der Waals surface area contributed by atoms with Gasteiger partial charge in [-0.05, 0) is 17.7 Å². The summed E-state index contributed by atoms with van der Waals surface area (Å²) in [6.45, 7) is 0.0268. The van der Waals surface area contributed by atoms with E-state index in [1.807, 2.05) is 24.3 Å². The Morgan fingerprint density at radius 2 is 2.00 bits per heavy atom. The van der Waals surface area contributed by atoms with E-state index in [1.54, 1.807) is 0 Å². The van der Waals surface area contributed by atoms with E-state index in [0.29, 0.717) is 6.26 Å². The maximum Gasteiger partial charge on any atom is 0.304 e. The molecule has 0 fully saturated rings. The summed E-state index contributed by atoms with van der Waals surface area (Å²) in [7, 11) is 0. The first-order valence-corrected chi connectivity index (χ1v) is 5.02. The van der Waals surface area contributed by atoms with E-state index in [9.17, 15) is 8.78 Å². The van der Waals surface area contributed by atoms with Crippen molar-refractivity contribution < 1.29 is 13.5 Å². The third-order valence-electron chi connectivity index (χ3n) is 1.75. The first-order chi connectivity index (χ1) is 7.09. The first kappa shape index (κ1) is 12.1. The monoisotopic (exact) mass is 277 g/mol. The van der Waals surface area contributed by atoms with Crippen molar-refractivity contribution in [3.8, 4) is 0 Å². The standard InChI is InChI=1S/C10H10BrF2NO/c11-8-3-1-7(2-4-8)9(14)5-15-6-10(12)13/h1-4,6,9H,5,14H2/t9-/m1/s1. The Morgan fingerprint density at radius 1 is 1.40 bits per heavy atom. The first-order valence-electron chi connectivity index (χ1n) is 4.23. The van der Waals surface area contributed by atoms with Crippen LogP contribution in [0.5, 0.6) is 0 Å². The molecule has 0 aliphatic heterocycles. The molecule has 0 saturated heterocycles. The molecule has 0 saturated carbocycles. The Balaban J connectivity index is 2.50. The van der Waals surface area contributed by atoms with Gasteiger partial charge in [-0.3, -0.25) is 0 Å². The second-order valence-electron chi connectivity index (χ2n) is 2.90. The van der Waals surface area contributed by atoms with Gasteiger partial charge in [0.2, 0.25) is 0 Å². The SMILES string of the molecule is N[C@H](COC=C(F)F)c1ccc(Br)cc1. The highest BCUT2D eigenvalue weighted by Gasteiger charge is 2.05. The molecule has 0 aromatic heterocycles. The fourth-order valence-corrected chi connectivity index (χ4v) is 1.29. The summed E-state index contributed by atoms with van der Waals surface area (Å²) in [5.74, 6) is 0. The van der Waals surface area contributed by atoms with Crippen LogP contribution in [-0.2, 0) is 4.74 Å². The maximum atomic E-state index is 11.6. The Bertz CT molecular complexity index is 336. The predicted molar refractivity (Wildman–Crippen MR) is 57.3 cm³/mol. The Hall–Kier alpha value is -0.940. The van der Waals surface area contributed by atoms with E-state index >= 15 is 0 Å². The molecule has 0 spiro atoms. The smallest absolute Gasteiger partial charge is 0.304 e. The van der Waals surface area contributed by atoms with Crippen LogP contribution in [0, 0.1) is 0 Å². The molecule has 0 unspecified atom stereocenters.